The maximum atomic E-state index is 5.81. The van der Waals surface area contributed by atoms with Gasteiger partial charge < -0.3 is 4.90 Å². The van der Waals surface area contributed by atoms with Crippen molar-refractivity contribution in [1.82, 2.24) is 14.5 Å². The van der Waals surface area contributed by atoms with E-state index >= 15 is 0 Å². The summed E-state index contributed by atoms with van der Waals surface area (Å²) in [5.74, 6) is 1.31. The van der Waals surface area contributed by atoms with E-state index in [1.807, 2.05) is 18.5 Å². The molecule has 5 heteroatoms. The quantitative estimate of drug-likeness (QED) is 0.177. The average Bonchev–Trinajstić information content (AvgIpc) is 3.90. The maximum absolute atomic E-state index is 5.81. The smallest absolute Gasteiger partial charge is 0.145 e. The number of rotatable bonds is 5. The third kappa shape index (κ3) is 4.60. The summed E-state index contributed by atoms with van der Waals surface area (Å²) in [5.41, 5.74) is 13.5. The number of aliphatic imine (C=N–C) groups is 1. The standard InChI is InChI=1S/C52H37N5/c1-3-12-36(13-4-1)52(37-14-5-2-6-15-37)46-19-9-7-16-40(46)43-32-44-41-17-8-10-20-47(41)57(51(44)55-49(43)52)39-27-23-35(24-28-39)34-21-25-38(26-22-34)56-48-29-31-53-33-45(48)42-18-11-30-54-50(42)56/h1-25,27-33,38,45,48H,26H2. The fraction of sp³-hybridized carbons (Fsp3) is 0.0962. The molecule has 3 unspecified atom stereocenters. The Bertz CT molecular complexity index is 2970. The zero-order chi connectivity index (χ0) is 37.5. The number of aromatic nitrogens is 3. The van der Waals surface area contributed by atoms with Gasteiger partial charge >= 0.3 is 0 Å². The molecule has 57 heavy (non-hydrogen) atoms. The second kappa shape index (κ2) is 12.5. The van der Waals surface area contributed by atoms with Gasteiger partial charge in [-0.3, -0.25) is 9.56 Å². The number of allylic oxidation sites excluding steroid dienone is 2. The van der Waals surface area contributed by atoms with E-state index in [1.165, 1.54) is 49.9 Å². The molecular formula is C52H37N5. The molecule has 3 aromatic heterocycles. The zero-order valence-electron chi connectivity index (χ0n) is 31.2. The summed E-state index contributed by atoms with van der Waals surface area (Å²) in [6.45, 7) is 0. The van der Waals surface area contributed by atoms with Crippen molar-refractivity contribution in [2.75, 3.05) is 4.90 Å². The summed E-state index contributed by atoms with van der Waals surface area (Å²) in [7, 11) is 0. The molecule has 0 N–H and O–H groups in total. The lowest BCUT2D eigenvalue weighted by Gasteiger charge is -2.34. The topological polar surface area (TPSA) is 46.3 Å². The summed E-state index contributed by atoms with van der Waals surface area (Å²) in [4.78, 5) is 17.6. The Kier molecular flexibility index (Phi) is 7.03. The number of pyridine rings is 2. The molecule has 2 aliphatic heterocycles. The Morgan fingerprint density at radius 3 is 2.21 bits per heavy atom. The van der Waals surface area contributed by atoms with Gasteiger partial charge in [0, 0.05) is 52.1 Å². The fourth-order valence-corrected chi connectivity index (χ4v) is 10.2. The largest absolute Gasteiger partial charge is 0.342 e. The van der Waals surface area contributed by atoms with Crippen molar-refractivity contribution < 1.29 is 0 Å². The van der Waals surface area contributed by atoms with Gasteiger partial charge in [0.25, 0.3) is 0 Å². The van der Waals surface area contributed by atoms with Crippen molar-refractivity contribution in [2.24, 2.45) is 4.99 Å². The molecule has 4 aliphatic rings. The Hall–Kier alpha value is -7.11. The van der Waals surface area contributed by atoms with Crippen molar-refractivity contribution >= 4 is 39.5 Å². The van der Waals surface area contributed by atoms with Crippen LogP contribution < -0.4 is 4.90 Å². The van der Waals surface area contributed by atoms with E-state index in [0.717, 1.165) is 40.2 Å². The number of nitrogens with zero attached hydrogens (tertiary/aromatic N) is 5. The molecular weight excluding hydrogens is 695 g/mol. The highest BCUT2D eigenvalue weighted by Gasteiger charge is 2.48. The van der Waals surface area contributed by atoms with Crippen LogP contribution in [0.15, 0.2) is 193 Å². The minimum absolute atomic E-state index is 0.225. The zero-order valence-corrected chi connectivity index (χ0v) is 31.2. The van der Waals surface area contributed by atoms with Crippen molar-refractivity contribution in [2.45, 2.75) is 29.8 Å². The van der Waals surface area contributed by atoms with E-state index in [0.29, 0.717) is 0 Å². The number of benzene rings is 5. The summed E-state index contributed by atoms with van der Waals surface area (Å²) < 4.78 is 2.36. The minimum Gasteiger partial charge on any atom is -0.342 e. The number of para-hydroxylation sites is 1. The monoisotopic (exact) mass is 731 g/mol. The third-order valence-corrected chi connectivity index (χ3v) is 12.7. The SMILES string of the molecule is C1=CC2C(C=N1)c1cccnc1N2C1C=CC(c2ccc(-n3c4ccccc4c4cc5c(nc43)C(c3ccccc3)(c3ccccc3)c3ccccc3-5)cc2)=CC1. The summed E-state index contributed by atoms with van der Waals surface area (Å²) >= 11 is 0. The molecule has 270 valence electrons. The first-order chi connectivity index (χ1) is 28.3. The van der Waals surface area contributed by atoms with Gasteiger partial charge in [0.2, 0.25) is 0 Å². The van der Waals surface area contributed by atoms with E-state index < -0.39 is 5.41 Å². The van der Waals surface area contributed by atoms with Gasteiger partial charge in [-0.25, -0.2) is 9.97 Å². The van der Waals surface area contributed by atoms with E-state index in [2.05, 4.69) is 191 Å². The van der Waals surface area contributed by atoms with Crippen molar-refractivity contribution in [3.8, 4) is 16.8 Å². The van der Waals surface area contributed by atoms with Crippen LogP contribution in [0.2, 0.25) is 0 Å². The fourth-order valence-electron chi connectivity index (χ4n) is 10.2. The van der Waals surface area contributed by atoms with Gasteiger partial charge in [0.1, 0.15) is 11.5 Å². The van der Waals surface area contributed by atoms with Crippen LogP contribution in [0.5, 0.6) is 0 Å². The number of fused-ring (bicyclic) bond motifs is 9. The molecule has 0 fully saturated rings. The van der Waals surface area contributed by atoms with Gasteiger partial charge in [-0.05, 0) is 76.2 Å². The highest BCUT2D eigenvalue weighted by atomic mass is 15.3. The van der Waals surface area contributed by atoms with Gasteiger partial charge in [-0.2, -0.15) is 0 Å². The Morgan fingerprint density at radius 2 is 1.42 bits per heavy atom. The molecule has 0 spiro atoms. The van der Waals surface area contributed by atoms with Crippen LogP contribution in [-0.4, -0.2) is 32.8 Å². The average molecular weight is 732 g/mol. The highest BCUT2D eigenvalue weighted by Crippen LogP contribution is 2.56. The molecule has 3 atom stereocenters. The molecule has 8 aromatic rings. The molecule has 12 rings (SSSR count). The maximum Gasteiger partial charge on any atom is 0.145 e. The second-order valence-corrected chi connectivity index (χ2v) is 15.5. The van der Waals surface area contributed by atoms with Crippen molar-refractivity contribution in [3.63, 3.8) is 0 Å². The molecule has 5 aromatic carbocycles. The van der Waals surface area contributed by atoms with Crippen LogP contribution in [-0.2, 0) is 5.41 Å². The van der Waals surface area contributed by atoms with E-state index in [4.69, 9.17) is 9.97 Å². The molecule has 0 amide bonds. The van der Waals surface area contributed by atoms with Crippen LogP contribution in [0, 0.1) is 0 Å². The van der Waals surface area contributed by atoms with Crippen molar-refractivity contribution in [3.05, 3.63) is 222 Å². The van der Waals surface area contributed by atoms with E-state index in [9.17, 15) is 0 Å². The number of hydrogen-bond donors (Lipinski definition) is 0. The molecule has 0 saturated heterocycles. The van der Waals surface area contributed by atoms with Crippen LogP contribution >= 0.6 is 0 Å². The van der Waals surface area contributed by atoms with E-state index in [-0.39, 0.29) is 18.0 Å². The summed E-state index contributed by atoms with van der Waals surface area (Å²) in [5, 5.41) is 2.35. The molecule has 5 nitrogen and oxygen atoms in total. The normalized spacial score (nSPS) is 19.7. The Morgan fingerprint density at radius 1 is 0.667 bits per heavy atom. The van der Waals surface area contributed by atoms with E-state index in [1.54, 1.807) is 0 Å². The number of anilines is 1. The minimum atomic E-state index is -0.569. The molecule has 0 saturated carbocycles. The summed E-state index contributed by atoms with van der Waals surface area (Å²) in [6.07, 6.45) is 16.1. The molecule has 0 radical (unpaired) electrons. The Labute approximate surface area is 331 Å². The Balaban J connectivity index is 0.962. The van der Waals surface area contributed by atoms with Crippen LogP contribution in [0.4, 0.5) is 5.82 Å². The predicted octanol–water partition coefficient (Wildman–Crippen LogP) is 11.2. The lowest BCUT2D eigenvalue weighted by Crippen LogP contribution is -2.41. The third-order valence-electron chi connectivity index (χ3n) is 12.7. The predicted molar refractivity (Wildman–Crippen MR) is 232 cm³/mol. The van der Waals surface area contributed by atoms with Gasteiger partial charge in [-0.1, -0.05) is 140 Å². The molecule has 0 bridgehead atoms. The van der Waals surface area contributed by atoms with Crippen LogP contribution in [0.1, 0.15) is 45.8 Å². The molecule has 2 aliphatic carbocycles. The van der Waals surface area contributed by atoms with Gasteiger partial charge in [-0.15, -0.1) is 0 Å². The highest BCUT2D eigenvalue weighted by molar-refractivity contribution is 6.10. The van der Waals surface area contributed by atoms with Crippen LogP contribution in [0.25, 0.3) is 44.3 Å². The summed E-state index contributed by atoms with van der Waals surface area (Å²) in [6, 6.07) is 55.6. The van der Waals surface area contributed by atoms with Crippen molar-refractivity contribution in [1.29, 1.82) is 0 Å². The first kappa shape index (κ1) is 32.2. The van der Waals surface area contributed by atoms with Gasteiger partial charge in [0.05, 0.1) is 28.7 Å². The van der Waals surface area contributed by atoms with Crippen LogP contribution in [0.3, 0.4) is 0 Å². The molecule has 5 heterocycles. The number of hydrogen-bond acceptors (Lipinski definition) is 4. The first-order valence-corrected chi connectivity index (χ1v) is 19.9. The second-order valence-electron chi connectivity index (χ2n) is 15.5. The first-order valence-electron chi connectivity index (χ1n) is 19.9. The lowest BCUT2D eigenvalue weighted by atomic mass is 9.69. The lowest BCUT2D eigenvalue weighted by molar-refractivity contribution is 0.624. The van der Waals surface area contributed by atoms with Gasteiger partial charge in [0.15, 0.2) is 0 Å².